The van der Waals surface area contributed by atoms with Crippen LogP contribution in [0.15, 0.2) is 34.8 Å². The monoisotopic (exact) mass is 274 g/mol. The Hall–Kier alpha value is -1.36. The van der Waals surface area contributed by atoms with Gasteiger partial charge in [0.15, 0.2) is 0 Å². The zero-order valence-electron chi connectivity index (χ0n) is 7.61. The van der Waals surface area contributed by atoms with E-state index in [1.807, 2.05) is 0 Å². The lowest BCUT2D eigenvalue weighted by Crippen LogP contribution is -1.96. The zero-order chi connectivity index (χ0) is 11.3. The molecule has 1 N–H and O–H groups in total. The fraction of sp³-hybridized carbons (Fsp3) is 0.100. The Labute approximate surface area is 94.3 Å². The fourth-order valence-electron chi connectivity index (χ4n) is 0.879. The first kappa shape index (κ1) is 11.7. The summed E-state index contributed by atoms with van der Waals surface area (Å²) in [4.78, 5) is 10.1. The van der Waals surface area contributed by atoms with Crippen LogP contribution in [0.4, 0.5) is 4.39 Å². The first-order valence-electron chi connectivity index (χ1n) is 4.07. The second-order valence-corrected chi connectivity index (χ2v) is 3.48. The summed E-state index contributed by atoms with van der Waals surface area (Å²) in [5.74, 6) is -0.932. The molecular weight excluding hydrogens is 267 g/mol. The van der Waals surface area contributed by atoms with Crippen LogP contribution in [0.2, 0.25) is 0 Å². The average molecular weight is 275 g/mol. The molecule has 0 spiro atoms. The number of carboxylic acids is 1. The Morgan fingerprint density at radius 3 is 2.93 bits per heavy atom. The van der Waals surface area contributed by atoms with E-state index in [4.69, 9.17) is 9.84 Å². The molecule has 1 rings (SSSR count). The van der Waals surface area contributed by atoms with Crippen LogP contribution >= 0.6 is 15.9 Å². The normalized spacial score (nSPS) is 10.5. The van der Waals surface area contributed by atoms with Gasteiger partial charge in [0.1, 0.15) is 18.2 Å². The van der Waals surface area contributed by atoms with Gasteiger partial charge in [0.2, 0.25) is 0 Å². The summed E-state index contributed by atoms with van der Waals surface area (Å²) in [6.07, 6.45) is 2.34. The Morgan fingerprint density at radius 2 is 2.33 bits per heavy atom. The van der Waals surface area contributed by atoms with Gasteiger partial charge in [-0.05, 0) is 40.2 Å². The molecule has 0 heterocycles. The maximum Gasteiger partial charge on any atom is 0.328 e. The summed E-state index contributed by atoms with van der Waals surface area (Å²) in [7, 11) is 0. The summed E-state index contributed by atoms with van der Waals surface area (Å²) >= 11 is 3.12. The van der Waals surface area contributed by atoms with Gasteiger partial charge in [0.25, 0.3) is 0 Å². The van der Waals surface area contributed by atoms with E-state index in [9.17, 15) is 9.18 Å². The Balaban J connectivity index is 2.54. The van der Waals surface area contributed by atoms with Gasteiger partial charge in [0, 0.05) is 6.08 Å². The minimum atomic E-state index is -1.03. The van der Waals surface area contributed by atoms with Crippen molar-refractivity contribution < 1.29 is 19.0 Å². The molecule has 0 amide bonds. The van der Waals surface area contributed by atoms with E-state index in [-0.39, 0.29) is 12.4 Å². The van der Waals surface area contributed by atoms with Crippen molar-refractivity contribution in [1.82, 2.24) is 0 Å². The van der Waals surface area contributed by atoms with Gasteiger partial charge in [0.05, 0.1) is 4.47 Å². The van der Waals surface area contributed by atoms with Crippen molar-refractivity contribution in [1.29, 1.82) is 0 Å². The van der Waals surface area contributed by atoms with E-state index in [0.717, 1.165) is 6.08 Å². The number of carboxylic acid groups (broad SMARTS) is 1. The Kier molecular flexibility index (Phi) is 4.30. The molecule has 5 heteroatoms. The molecule has 1 aromatic carbocycles. The van der Waals surface area contributed by atoms with E-state index in [1.54, 1.807) is 0 Å². The van der Waals surface area contributed by atoms with Crippen molar-refractivity contribution in [3.05, 3.63) is 40.6 Å². The van der Waals surface area contributed by atoms with Crippen LogP contribution in [0.5, 0.6) is 5.75 Å². The van der Waals surface area contributed by atoms with Crippen molar-refractivity contribution >= 4 is 21.9 Å². The number of benzene rings is 1. The van der Waals surface area contributed by atoms with Gasteiger partial charge in [-0.15, -0.1) is 0 Å². The maximum absolute atomic E-state index is 12.7. The van der Waals surface area contributed by atoms with Gasteiger partial charge in [-0.1, -0.05) is 0 Å². The average Bonchev–Trinajstić information content (AvgIpc) is 2.14. The predicted octanol–water partition coefficient (Wildman–Crippen LogP) is 2.61. The lowest BCUT2D eigenvalue weighted by molar-refractivity contribution is -0.131. The second-order valence-electron chi connectivity index (χ2n) is 2.63. The van der Waals surface area contributed by atoms with E-state index in [1.165, 1.54) is 24.3 Å². The summed E-state index contributed by atoms with van der Waals surface area (Å²) in [5.41, 5.74) is 0. The van der Waals surface area contributed by atoms with Crippen LogP contribution in [0.1, 0.15) is 0 Å². The van der Waals surface area contributed by atoms with Crippen molar-refractivity contribution in [3.63, 3.8) is 0 Å². The molecule has 0 aliphatic rings. The molecular formula is C10H8BrFO3. The number of hydrogen-bond donors (Lipinski definition) is 1. The van der Waals surface area contributed by atoms with Crippen LogP contribution in [0.3, 0.4) is 0 Å². The number of halogens is 2. The molecule has 3 nitrogen and oxygen atoms in total. The third-order valence-electron chi connectivity index (χ3n) is 1.49. The fourth-order valence-corrected chi connectivity index (χ4v) is 1.34. The molecule has 80 valence electrons. The molecule has 0 saturated heterocycles. The first-order chi connectivity index (χ1) is 7.09. The maximum atomic E-state index is 12.7. The third kappa shape index (κ3) is 4.12. The topological polar surface area (TPSA) is 46.5 Å². The Morgan fingerprint density at radius 1 is 1.60 bits per heavy atom. The molecule has 0 fully saturated rings. The molecule has 0 bridgehead atoms. The number of hydrogen-bond acceptors (Lipinski definition) is 2. The van der Waals surface area contributed by atoms with E-state index >= 15 is 0 Å². The van der Waals surface area contributed by atoms with Gasteiger partial charge in [-0.25, -0.2) is 9.18 Å². The lowest BCUT2D eigenvalue weighted by atomic mass is 10.3. The van der Waals surface area contributed by atoms with Crippen LogP contribution in [0.25, 0.3) is 0 Å². The molecule has 15 heavy (non-hydrogen) atoms. The van der Waals surface area contributed by atoms with Gasteiger partial charge in [-0.3, -0.25) is 0 Å². The first-order valence-corrected chi connectivity index (χ1v) is 4.86. The summed E-state index contributed by atoms with van der Waals surface area (Å²) in [6.45, 7) is 0.122. The molecule has 0 aliphatic carbocycles. The number of rotatable bonds is 4. The molecule has 1 aromatic rings. The number of ether oxygens (including phenoxy) is 1. The minimum Gasteiger partial charge on any atom is -0.488 e. The highest BCUT2D eigenvalue weighted by molar-refractivity contribution is 9.10. The van der Waals surface area contributed by atoms with E-state index in [2.05, 4.69) is 15.9 Å². The quantitative estimate of drug-likeness (QED) is 0.859. The number of aliphatic carboxylic acids is 1. The summed E-state index contributed by atoms with van der Waals surface area (Å²) in [6, 6.07) is 4.01. The van der Waals surface area contributed by atoms with Crippen LogP contribution in [-0.4, -0.2) is 17.7 Å². The summed E-state index contributed by atoms with van der Waals surface area (Å²) in [5, 5.41) is 8.30. The Bertz CT molecular complexity index is 390. The van der Waals surface area contributed by atoms with Crippen molar-refractivity contribution in [3.8, 4) is 5.75 Å². The molecule has 0 aromatic heterocycles. The zero-order valence-corrected chi connectivity index (χ0v) is 9.20. The highest BCUT2D eigenvalue weighted by Gasteiger charge is 2.01. The number of carbonyl (C=O) groups is 1. The van der Waals surface area contributed by atoms with Gasteiger partial charge >= 0.3 is 5.97 Å². The van der Waals surface area contributed by atoms with Gasteiger partial charge < -0.3 is 9.84 Å². The van der Waals surface area contributed by atoms with Gasteiger partial charge in [-0.2, -0.15) is 0 Å². The smallest absolute Gasteiger partial charge is 0.328 e. The SMILES string of the molecule is O=C(O)C=CCOc1ccc(F)cc1Br. The highest BCUT2D eigenvalue weighted by atomic mass is 79.9. The second kappa shape index (κ2) is 5.50. The van der Waals surface area contributed by atoms with Crippen molar-refractivity contribution in [2.45, 2.75) is 0 Å². The van der Waals surface area contributed by atoms with E-state index in [0.29, 0.717) is 10.2 Å². The van der Waals surface area contributed by atoms with Crippen LogP contribution in [-0.2, 0) is 4.79 Å². The highest BCUT2D eigenvalue weighted by Crippen LogP contribution is 2.25. The summed E-state index contributed by atoms with van der Waals surface area (Å²) < 4.78 is 18.3. The largest absolute Gasteiger partial charge is 0.488 e. The minimum absolute atomic E-state index is 0.122. The van der Waals surface area contributed by atoms with E-state index < -0.39 is 5.97 Å². The third-order valence-corrected chi connectivity index (χ3v) is 2.11. The van der Waals surface area contributed by atoms with Crippen LogP contribution < -0.4 is 4.74 Å². The lowest BCUT2D eigenvalue weighted by Gasteiger charge is -2.04. The predicted molar refractivity (Wildman–Crippen MR) is 56.4 cm³/mol. The molecule has 0 saturated carbocycles. The van der Waals surface area contributed by atoms with Crippen LogP contribution in [0, 0.1) is 5.82 Å². The molecule has 0 radical (unpaired) electrons. The molecule has 0 unspecified atom stereocenters. The van der Waals surface area contributed by atoms with Crippen molar-refractivity contribution in [2.75, 3.05) is 6.61 Å². The standard InChI is InChI=1S/C10H8BrFO3/c11-8-6-7(12)3-4-9(8)15-5-1-2-10(13)14/h1-4,6H,5H2,(H,13,14). The molecule has 0 aliphatic heterocycles. The molecule has 0 atom stereocenters. The van der Waals surface area contributed by atoms with Crippen molar-refractivity contribution in [2.24, 2.45) is 0 Å².